The third-order valence-corrected chi connectivity index (χ3v) is 4.05. The highest BCUT2D eigenvalue weighted by molar-refractivity contribution is 5.38. The van der Waals surface area contributed by atoms with E-state index in [1.54, 1.807) is 0 Å². The van der Waals surface area contributed by atoms with E-state index in [2.05, 4.69) is 16.4 Å². The van der Waals surface area contributed by atoms with Crippen LogP contribution in [0.5, 0.6) is 0 Å². The molecule has 1 aromatic rings. The van der Waals surface area contributed by atoms with Gasteiger partial charge in [0.15, 0.2) is 0 Å². The molecule has 15 heavy (non-hydrogen) atoms. The van der Waals surface area contributed by atoms with Gasteiger partial charge in [0, 0.05) is 29.8 Å². The number of nitrogens with two attached hydrogens (primary N) is 1. The van der Waals surface area contributed by atoms with E-state index in [0.717, 1.165) is 32.4 Å². The van der Waals surface area contributed by atoms with E-state index in [1.165, 1.54) is 11.3 Å². The molecule has 3 heteroatoms. The number of piperidine rings is 1. The summed E-state index contributed by atoms with van der Waals surface area (Å²) in [4.78, 5) is 4.46. The zero-order valence-electron chi connectivity index (χ0n) is 8.87. The van der Waals surface area contributed by atoms with Crippen LogP contribution in [0.3, 0.4) is 0 Å². The summed E-state index contributed by atoms with van der Waals surface area (Å²) in [6, 6.07) is 4.53. The number of nitrogens with zero attached hydrogens (tertiary/aromatic N) is 1. The van der Waals surface area contributed by atoms with E-state index >= 15 is 0 Å². The van der Waals surface area contributed by atoms with Crippen LogP contribution in [0, 0.1) is 0 Å². The van der Waals surface area contributed by atoms with Crippen LogP contribution in [0.15, 0.2) is 18.3 Å². The molecule has 1 saturated heterocycles. The second kappa shape index (κ2) is 3.29. The van der Waals surface area contributed by atoms with Crippen LogP contribution in [0.1, 0.15) is 24.1 Å². The van der Waals surface area contributed by atoms with Crippen molar-refractivity contribution in [3.63, 3.8) is 0 Å². The van der Waals surface area contributed by atoms with Crippen molar-refractivity contribution in [2.45, 2.75) is 30.7 Å². The lowest BCUT2D eigenvalue weighted by atomic mass is 9.72. The van der Waals surface area contributed by atoms with Crippen LogP contribution < -0.4 is 11.1 Å². The Bertz CT molecular complexity index is 369. The van der Waals surface area contributed by atoms with Crippen molar-refractivity contribution in [3.05, 3.63) is 29.6 Å². The topological polar surface area (TPSA) is 50.9 Å². The van der Waals surface area contributed by atoms with E-state index in [-0.39, 0.29) is 11.5 Å². The van der Waals surface area contributed by atoms with Crippen molar-refractivity contribution >= 4 is 0 Å². The fourth-order valence-corrected chi connectivity index (χ4v) is 3.17. The maximum atomic E-state index is 6.33. The summed E-state index contributed by atoms with van der Waals surface area (Å²) in [6.07, 6.45) is 5.15. The van der Waals surface area contributed by atoms with Crippen molar-refractivity contribution in [1.29, 1.82) is 0 Å². The average molecular weight is 203 g/mol. The number of fused-ring (bicyclic) bond motifs is 2. The molecule has 2 aliphatic rings. The summed E-state index contributed by atoms with van der Waals surface area (Å²) in [7, 11) is 0. The number of pyridine rings is 1. The Morgan fingerprint density at radius 3 is 3.00 bits per heavy atom. The van der Waals surface area contributed by atoms with Gasteiger partial charge in [-0.25, -0.2) is 0 Å². The molecule has 80 valence electrons. The summed E-state index contributed by atoms with van der Waals surface area (Å²) in [6.45, 7) is 2.17. The predicted molar refractivity (Wildman–Crippen MR) is 59.7 cm³/mol. The van der Waals surface area contributed by atoms with Gasteiger partial charge in [-0.2, -0.15) is 0 Å². The lowest BCUT2D eigenvalue weighted by molar-refractivity contribution is 0.273. The third-order valence-electron chi connectivity index (χ3n) is 4.05. The highest BCUT2D eigenvalue weighted by Crippen LogP contribution is 2.43. The second-order valence-electron chi connectivity index (χ2n) is 4.71. The van der Waals surface area contributed by atoms with E-state index in [4.69, 9.17) is 5.73 Å². The van der Waals surface area contributed by atoms with Crippen LogP contribution in [0.25, 0.3) is 0 Å². The van der Waals surface area contributed by atoms with Gasteiger partial charge in [-0.15, -0.1) is 0 Å². The molecule has 0 saturated carbocycles. The van der Waals surface area contributed by atoms with Crippen molar-refractivity contribution in [2.24, 2.45) is 5.73 Å². The zero-order valence-corrected chi connectivity index (χ0v) is 8.87. The Morgan fingerprint density at radius 2 is 2.20 bits per heavy atom. The minimum absolute atomic E-state index is 0.217. The van der Waals surface area contributed by atoms with Gasteiger partial charge in [0.05, 0.1) is 0 Å². The Kier molecular flexibility index (Phi) is 2.04. The van der Waals surface area contributed by atoms with Gasteiger partial charge in [0.2, 0.25) is 0 Å². The van der Waals surface area contributed by atoms with Gasteiger partial charge < -0.3 is 11.1 Å². The Hall–Kier alpha value is -0.930. The van der Waals surface area contributed by atoms with E-state index in [0.29, 0.717) is 0 Å². The van der Waals surface area contributed by atoms with Gasteiger partial charge >= 0.3 is 0 Å². The zero-order chi connectivity index (χ0) is 10.3. The molecular formula is C12H17N3. The number of hydrogen-bond acceptors (Lipinski definition) is 3. The first-order valence-electron chi connectivity index (χ1n) is 5.74. The lowest BCUT2D eigenvalue weighted by Crippen LogP contribution is -2.49. The molecule has 0 aromatic carbocycles. The third kappa shape index (κ3) is 1.23. The minimum Gasteiger partial charge on any atom is -0.327 e. The maximum absolute atomic E-state index is 6.33. The monoisotopic (exact) mass is 203 g/mol. The first-order chi connectivity index (χ1) is 7.33. The Labute approximate surface area is 90.1 Å². The van der Waals surface area contributed by atoms with E-state index in [1.807, 2.05) is 12.3 Å². The molecule has 1 aromatic heterocycles. The Balaban J connectivity index is 2.07. The quantitative estimate of drug-likeness (QED) is 0.648. The summed E-state index contributed by atoms with van der Waals surface area (Å²) < 4.78 is 0. The van der Waals surface area contributed by atoms with Crippen molar-refractivity contribution in [1.82, 2.24) is 10.3 Å². The highest BCUT2D eigenvalue weighted by Gasteiger charge is 2.45. The maximum Gasteiger partial charge on any atom is 0.0457 e. The average Bonchev–Trinajstić information content (AvgIpc) is 2.55. The van der Waals surface area contributed by atoms with Gasteiger partial charge in [-0.05, 0) is 37.6 Å². The van der Waals surface area contributed by atoms with Crippen LogP contribution in [-0.4, -0.2) is 24.1 Å². The van der Waals surface area contributed by atoms with Gasteiger partial charge in [-0.1, -0.05) is 6.07 Å². The molecule has 0 unspecified atom stereocenters. The molecule has 0 bridgehead atoms. The first-order valence-corrected chi connectivity index (χ1v) is 5.74. The standard InChI is InChI=1S/C12H17N3/c13-11-8-10-9(2-1-5-15-10)12(11)3-6-14-7-4-12/h1-2,5,11,14H,3-4,6-8,13H2/t11-/m1/s1. The van der Waals surface area contributed by atoms with Crippen molar-refractivity contribution in [3.8, 4) is 0 Å². The van der Waals surface area contributed by atoms with Gasteiger partial charge in [-0.3, -0.25) is 4.98 Å². The van der Waals surface area contributed by atoms with Crippen LogP contribution in [-0.2, 0) is 11.8 Å². The van der Waals surface area contributed by atoms with Gasteiger partial charge in [0.1, 0.15) is 0 Å². The van der Waals surface area contributed by atoms with Crippen LogP contribution in [0.2, 0.25) is 0 Å². The summed E-state index contributed by atoms with van der Waals surface area (Å²) >= 11 is 0. The molecule has 2 heterocycles. The summed E-state index contributed by atoms with van der Waals surface area (Å²) in [5.74, 6) is 0. The smallest absolute Gasteiger partial charge is 0.0457 e. The van der Waals surface area contributed by atoms with E-state index in [9.17, 15) is 0 Å². The fourth-order valence-electron chi connectivity index (χ4n) is 3.17. The molecule has 0 amide bonds. The SMILES string of the molecule is N[C@@H]1Cc2ncccc2C12CCNCC2. The molecule has 0 radical (unpaired) electrons. The van der Waals surface area contributed by atoms with Gasteiger partial charge in [0.25, 0.3) is 0 Å². The molecule has 1 fully saturated rings. The van der Waals surface area contributed by atoms with Crippen molar-refractivity contribution < 1.29 is 0 Å². The highest BCUT2D eigenvalue weighted by atomic mass is 14.9. The summed E-state index contributed by atoms with van der Waals surface area (Å²) in [5, 5.41) is 3.41. The predicted octanol–water partition coefficient (Wildman–Crippen LogP) is 0.586. The number of aromatic nitrogens is 1. The normalized spacial score (nSPS) is 27.9. The molecule has 1 aliphatic heterocycles. The van der Waals surface area contributed by atoms with Crippen molar-refractivity contribution in [2.75, 3.05) is 13.1 Å². The molecule has 1 aliphatic carbocycles. The molecule has 3 nitrogen and oxygen atoms in total. The first kappa shape index (κ1) is 9.31. The number of hydrogen-bond donors (Lipinski definition) is 2. The molecular weight excluding hydrogens is 186 g/mol. The molecule has 3 rings (SSSR count). The minimum atomic E-state index is 0.217. The van der Waals surface area contributed by atoms with E-state index < -0.39 is 0 Å². The van der Waals surface area contributed by atoms with Crippen LogP contribution in [0.4, 0.5) is 0 Å². The molecule has 1 spiro atoms. The largest absolute Gasteiger partial charge is 0.327 e. The molecule has 3 N–H and O–H groups in total. The fraction of sp³-hybridized carbons (Fsp3) is 0.583. The number of rotatable bonds is 0. The lowest BCUT2D eigenvalue weighted by Gasteiger charge is -2.38. The summed E-state index contributed by atoms with van der Waals surface area (Å²) in [5.41, 5.74) is 9.19. The van der Waals surface area contributed by atoms with Crippen LogP contribution >= 0.6 is 0 Å². The number of nitrogens with one attached hydrogen (secondary N) is 1. The Morgan fingerprint density at radius 1 is 1.40 bits per heavy atom. The molecule has 1 atom stereocenters. The second-order valence-corrected chi connectivity index (χ2v) is 4.71.